The minimum Gasteiger partial charge on any atom is -0.198 e. The zero-order valence-corrected chi connectivity index (χ0v) is 7.53. The van der Waals surface area contributed by atoms with Crippen LogP contribution < -0.4 is 0 Å². The third-order valence-electron chi connectivity index (χ3n) is 1.38. The van der Waals surface area contributed by atoms with E-state index < -0.39 is 11.6 Å². The Hall–Kier alpha value is -1.10. The normalized spacial score (nSPS) is 13.6. The van der Waals surface area contributed by atoms with Gasteiger partial charge in [-0.15, -0.1) is 10.3 Å². The zero-order chi connectivity index (χ0) is 9.78. The van der Waals surface area contributed by atoms with E-state index in [4.69, 9.17) is 10.5 Å². The summed E-state index contributed by atoms with van der Waals surface area (Å²) in [5, 5.41) is 28.9. The number of hydroxylamine groups is 2. The zero-order valence-electron chi connectivity index (χ0n) is 7.53. The molecule has 0 aliphatic carbocycles. The summed E-state index contributed by atoms with van der Waals surface area (Å²) in [6.45, 7) is 5.13. The smallest absolute Gasteiger partial charge is 0.138 e. The van der Waals surface area contributed by atoms with Gasteiger partial charge in [0, 0.05) is 5.54 Å². The Balaban J connectivity index is 4.36. The first-order chi connectivity index (χ1) is 5.43. The minimum absolute atomic E-state index is 0.0444. The first kappa shape index (κ1) is 10.9. The second kappa shape index (κ2) is 4.06. The fourth-order valence-corrected chi connectivity index (χ4v) is 0.735. The van der Waals surface area contributed by atoms with Crippen LogP contribution in [0.4, 0.5) is 0 Å². The van der Waals surface area contributed by atoms with Crippen LogP contribution in [-0.2, 0) is 5.21 Å². The molecule has 0 aromatic rings. The molecule has 0 rings (SSSR count). The van der Waals surface area contributed by atoms with Crippen LogP contribution in [0, 0.1) is 22.7 Å². The van der Waals surface area contributed by atoms with Gasteiger partial charge >= 0.3 is 0 Å². The Labute approximate surface area is 72.6 Å². The Morgan fingerprint density at radius 1 is 1.42 bits per heavy atom. The van der Waals surface area contributed by atoms with Crippen molar-refractivity contribution in [2.75, 3.05) is 0 Å². The van der Waals surface area contributed by atoms with Crippen molar-refractivity contribution in [2.45, 2.75) is 38.8 Å². The monoisotopic (exact) mass is 166 g/mol. The molecule has 1 radical (unpaired) electrons. The Kier molecular flexibility index (Phi) is 3.69. The standard InChI is InChI=1S/C8H12N3O/c1-8(2,3)11(12)7(6-10)4-5-9/h7H,4H2,1-3H3. The molecule has 12 heavy (non-hydrogen) atoms. The van der Waals surface area contributed by atoms with Crippen molar-refractivity contribution in [3.8, 4) is 12.1 Å². The molecular weight excluding hydrogens is 154 g/mol. The Bertz CT molecular complexity index is 218. The number of hydrogen-bond acceptors (Lipinski definition) is 3. The summed E-state index contributed by atoms with van der Waals surface area (Å²) in [7, 11) is 0. The molecule has 4 nitrogen and oxygen atoms in total. The fraction of sp³-hybridized carbons (Fsp3) is 0.750. The highest BCUT2D eigenvalue weighted by Gasteiger charge is 2.28. The van der Waals surface area contributed by atoms with E-state index in [0.717, 1.165) is 0 Å². The Morgan fingerprint density at radius 2 is 1.92 bits per heavy atom. The summed E-state index contributed by atoms with van der Waals surface area (Å²) in [4.78, 5) is 0. The van der Waals surface area contributed by atoms with Crippen molar-refractivity contribution in [2.24, 2.45) is 0 Å². The van der Waals surface area contributed by atoms with Gasteiger partial charge in [0.1, 0.15) is 6.04 Å². The van der Waals surface area contributed by atoms with Gasteiger partial charge in [-0.25, -0.2) is 0 Å². The van der Waals surface area contributed by atoms with E-state index >= 15 is 0 Å². The number of nitriles is 2. The molecule has 0 aliphatic heterocycles. The van der Waals surface area contributed by atoms with Crippen LogP contribution in [0.2, 0.25) is 0 Å². The molecule has 0 spiro atoms. The summed E-state index contributed by atoms with van der Waals surface area (Å²) < 4.78 is 0. The lowest BCUT2D eigenvalue weighted by Crippen LogP contribution is -2.44. The summed E-state index contributed by atoms with van der Waals surface area (Å²) in [6, 6.07) is 2.76. The minimum atomic E-state index is -0.852. The molecule has 1 unspecified atom stereocenters. The summed E-state index contributed by atoms with van der Waals surface area (Å²) in [5.41, 5.74) is -0.614. The van der Waals surface area contributed by atoms with Gasteiger partial charge in [-0.2, -0.15) is 10.5 Å². The van der Waals surface area contributed by atoms with Crippen LogP contribution in [0.1, 0.15) is 27.2 Å². The van der Waals surface area contributed by atoms with Crippen molar-refractivity contribution in [1.82, 2.24) is 5.06 Å². The second-order valence-corrected chi connectivity index (χ2v) is 3.50. The van der Waals surface area contributed by atoms with Crippen molar-refractivity contribution >= 4 is 0 Å². The first-order valence-corrected chi connectivity index (χ1v) is 3.66. The molecule has 0 aromatic carbocycles. The third kappa shape index (κ3) is 2.87. The van der Waals surface area contributed by atoms with E-state index in [1.807, 2.05) is 6.07 Å². The quantitative estimate of drug-likeness (QED) is 0.579. The maximum absolute atomic E-state index is 11.3. The topological polar surface area (TPSA) is 70.7 Å². The lowest BCUT2D eigenvalue weighted by Gasteiger charge is -2.29. The SMILES string of the molecule is CC(C)(C)N([O])C(C#N)CC#N. The van der Waals surface area contributed by atoms with Gasteiger partial charge in [0.2, 0.25) is 0 Å². The van der Waals surface area contributed by atoms with Crippen LogP contribution in [0.3, 0.4) is 0 Å². The summed E-state index contributed by atoms with van der Waals surface area (Å²) >= 11 is 0. The lowest BCUT2D eigenvalue weighted by molar-refractivity contribution is -0.227. The van der Waals surface area contributed by atoms with Crippen LogP contribution in [0.15, 0.2) is 0 Å². The largest absolute Gasteiger partial charge is 0.198 e. The first-order valence-electron chi connectivity index (χ1n) is 3.66. The van der Waals surface area contributed by atoms with Crippen molar-refractivity contribution in [3.63, 3.8) is 0 Å². The molecule has 65 valence electrons. The molecule has 0 saturated heterocycles. The molecule has 1 atom stereocenters. The molecule has 0 heterocycles. The predicted molar refractivity (Wildman–Crippen MR) is 41.9 cm³/mol. The highest BCUT2D eigenvalue weighted by Crippen LogP contribution is 2.15. The maximum Gasteiger partial charge on any atom is 0.138 e. The molecule has 0 bridgehead atoms. The average molecular weight is 166 g/mol. The average Bonchev–Trinajstić information content (AvgIpc) is 1.97. The van der Waals surface area contributed by atoms with E-state index in [0.29, 0.717) is 5.06 Å². The van der Waals surface area contributed by atoms with Gasteiger partial charge in [-0.1, -0.05) is 0 Å². The van der Waals surface area contributed by atoms with E-state index in [1.165, 1.54) is 0 Å². The maximum atomic E-state index is 11.3. The van der Waals surface area contributed by atoms with Crippen LogP contribution >= 0.6 is 0 Å². The van der Waals surface area contributed by atoms with Gasteiger partial charge in [0.15, 0.2) is 0 Å². The molecule has 0 aliphatic rings. The lowest BCUT2D eigenvalue weighted by atomic mass is 10.1. The van der Waals surface area contributed by atoms with E-state index in [1.54, 1.807) is 26.8 Å². The van der Waals surface area contributed by atoms with Gasteiger partial charge in [0.05, 0.1) is 18.6 Å². The van der Waals surface area contributed by atoms with Crippen LogP contribution in [0.5, 0.6) is 0 Å². The summed E-state index contributed by atoms with van der Waals surface area (Å²) in [5.74, 6) is 0. The molecule has 0 N–H and O–H groups in total. The molecule has 0 fully saturated rings. The molecular formula is C8H12N3O. The van der Waals surface area contributed by atoms with Crippen molar-refractivity contribution in [1.29, 1.82) is 10.5 Å². The fourth-order valence-electron chi connectivity index (χ4n) is 0.735. The second-order valence-electron chi connectivity index (χ2n) is 3.50. The number of hydrogen-bond donors (Lipinski definition) is 0. The van der Waals surface area contributed by atoms with Gasteiger partial charge < -0.3 is 0 Å². The Morgan fingerprint density at radius 3 is 2.17 bits per heavy atom. The van der Waals surface area contributed by atoms with E-state index in [-0.39, 0.29) is 6.42 Å². The van der Waals surface area contributed by atoms with Crippen molar-refractivity contribution in [3.05, 3.63) is 0 Å². The molecule has 0 aromatic heterocycles. The van der Waals surface area contributed by atoms with Gasteiger partial charge in [0.25, 0.3) is 0 Å². The van der Waals surface area contributed by atoms with Crippen LogP contribution in [-0.4, -0.2) is 16.6 Å². The highest BCUT2D eigenvalue weighted by atomic mass is 16.5. The van der Waals surface area contributed by atoms with Crippen LogP contribution in [0.25, 0.3) is 0 Å². The predicted octanol–water partition coefficient (Wildman–Crippen LogP) is 1.24. The highest BCUT2D eigenvalue weighted by molar-refractivity contribution is 4.97. The summed E-state index contributed by atoms with van der Waals surface area (Å²) in [6.07, 6.45) is -0.0444. The third-order valence-corrected chi connectivity index (χ3v) is 1.38. The van der Waals surface area contributed by atoms with E-state index in [9.17, 15) is 5.21 Å². The number of rotatable bonds is 2. The van der Waals surface area contributed by atoms with E-state index in [2.05, 4.69) is 0 Å². The number of nitrogens with zero attached hydrogens (tertiary/aromatic N) is 3. The van der Waals surface area contributed by atoms with Crippen molar-refractivity contribution < 1.29 is 5.21 Å². The molecule has 0 amide bonds. The van der Waals surface area contributed by atoms with Gasteiger partial charge in [-0.3, -0.25) is 0 Å². The molecule has 0 saturated carbocycles. The van der Waals surface area contributed by atoms with Gasteiger partial charge in [-0.05, 0) is 20.8 Å². The molecule has 4 heteroatoms.